The van der Waals surface area contributed by atoms with Gasteiger partial charge in [0.1, 0.15) is 17.6 Å². The van der Waals surface area contributed by atoms with Gasteiger partial charge >= 0.3 is 0 Å². The molecule has 3 rings (SSSR count). The number of anilines is 2. The van der Waals surface area contributed by atoms with Gasteiger partial charge in [-0.05, 0) is 24.6 Å². The monoisotopic (exact) mass is 255 g/mol. The first-order chi connectivity index (χ1) is 9.28. The second-order valence-electron chi connectivity index (χ2n) is 4.15. The lowest BCUT2D eigenvalue weighted by atomic mass is 10.2. The molecule has 3 aromatic rings. The van der Waals surface area contributed by atoms with Crippen LogP contribution in [0.2, 0.25) is 0 Å². The van der Waals surface area contributed by atoms with Gasteiger partial charge in [0.2, 0.25) is 0 Å². The molecule has 0 bridgehead atoms. The van der Waals surface area contributed by atoms with Crippen LogP contribution in [0.5, 0.6) is 5.75 Å². The van der Waals surface area contributed by atoms with Crippen LogP contribution in [-0.2, 0) is 0 Å². The average molecular weight is 255 g/mol. The van der Waals surface area contributed by atoms with E-state index in [2.05, 4.69) is 25.3 Å². The van der Waals surface area contributed by atoms with Crippen LogP contribution < -0.4 is 10.1 Å². The minimum atomic E-state index is 0.629. The highest BCUT2D eigenvalue weighted by Crippen LogP contribution is 2.29. The number of imidazole rings is 1. The summed E-state index contributed by atoms with van der Waals surface area (Å²) in [5.41, 5.74) is 3.39. The lowest BCUT2D eigenvalue weighted by Crippen LogP contribution is -1.98. The number of fused-ring (bicyclic) bond motifs is 1. The molecule has 2 N–H and O–H groups in total. The van der Waals surface area contributed by atoms with E-state index in [1.54, 1.807) is 13.4 Å². The van der Waals surface area contributed by atoms with Gasteiger partial charge in [0, 0.05) is 0 Å². The first-order valence-electron chi connectivity index (χ1n) is 5.83. The summed E-state index contributed by atoms with van der Waals surface area (Å²) in [6.45, 7) is 2.02. The normalized spacial score (nSPS) is 10.6. The number of benzene rings is 1. The Balaban J connectivity index is 2.05. The van der Waals surface area contributed by atoms with E-state index >= 15 is 0 Å². The van der Waals surface area contributed by atoms with Crippen LogP contribution in [0, 0.1) is 6.92 Å². The molecule has 1 aromatic carbocycles. The Labute approximate surface area is 109 Å². The fraction of sp³-hybridized carbons (Fsp3) is 0.154. The van der Waals surface area contributed by atoms with Crippen molar-refractivity contribution in [1.82, 2.24) is 19.9 Å². The number of rotatable bonds is 3. The number of aromatic amines is 1. The summed E-state index contributed by atoms with van der Waals surface area (Å²) in [4.78, 5) is 15.4. The Kier molecular flexibility index (Phi) is 2.75. The lowest BCUT2D eigenvalue weighted by molar-refractivity contribution is 0.416. The van der Waals surface area contributed by atoms with Gasteiger partial charge in [-0.3, -0.25) is 0 Å². The molecule has 2 aromatic heterocycles. The van der Waals surface area contributed by atoms with Crippen molar-refractivity contribution in [3.05, 3.63) is 36.4 Å². The molecule has 0 amide bonds. The molecule has 0 fully saturated rings. The summed E-state index contributed by atoms with van der Waals surface area (Å²) in [6, 6.07) is 5.92. The molecule has 96 valence electrons. The van der Waals surface area contributed by atoms with Crippen LogP contribution in [0.1, 0.15) is 5.56 Å². The molecular formula is C13H13N5O. The molecule has 19 heavy (non-hydrogen) atoms. The van der Waals surface area contributed by atoms with E-state index in [0.29, 0.717) is 11.5 Å². The number of methoxy groups -OCH3 is 1. The van der Waals surface area contributed by atoms with Crippen LogP contribution in [0.4, 0.5) is 11.5 Å². The number of hydrogen-bond acceptors (Lipinski definition) is 5. The fourth-order valence-electron chi connectivity index (χ4n) is 1.91. The number of nitrogens with zero attached hydrogens (tertiary/aromatic N) is 3. The van der Waals surface area contributed by atoms with Gasteiger partial charge in [0.05, 0.1) is 19.1 Å². The van der Waals surface area contributed by atoms with Gasteiger partial charge in [0.15, 0.2) is 11.5 Å². The molecule has 0 unspecified atom stereocenters. The van der Waals surface area contributed by atoms with Crippen molar-refractivity contribution in [3.8, 4) is 5.75 Å². The van der Waals surface area contributed by atoms with Crippen molar-refractivity contribution in [2.45, 2.75) is 6.92 Å². The topological polar surface area (TPSA) is 75.7 Å². The second-order valence-corrected chi connectivity index (χ2v) is 4.15. The number of ether oxygens (including phenoxy) is 1. The Morgan fingerprint density at radius 3 is 2.95 bits per heavy atom. The second kappa shape index (κ2) is 4.56. The molecule has 0 aliphatic carbocycles. The summed E-state index contributed by atoms with van der Waals surface area (Å²) >= 11 is 0. The van der Waals surface area contributed by atoms with Crippen molar-refractivity contribution in [3.63, 3.8) is 0 Å². The van der Waals surface area contributed by atoms with E-state index in [-0.39, 0.29) is 0 Å². The van der Waals surface area contributed by atoms with E-state index in [1.165, 1.54) is 6.33 Å². The minimum Gasteiger partial charge on any atom is -0.495 e. The van der Waals surface area contributed by atoms with Crippen LogP contribution in [0.3, 0.4) is 0 Å². The predicted molar refractivity (Wildman–Crippen MR) is 72.7 cm³/mol. The third-order valence-electron chi connectivity index (χ3n) is 2.83. The highest BCUT2D eigenvalue weighted by molar-refractivity contribution is 5.85. The van der Waals surface area contributed by atoms with Crippen molar-refractivity contribution in [2.75, 3.05) is 12.4 Å². The molecule has 0 spiro atoms. The smallest absolute Gasteiger partial charge is 0.182 e. The van der Waals surface area contributed by atoms with E-state index in [1.807, 2.05) is 25.1 Å². The van der Waals surface area contributed by atoms with Gasteiger partial charge in [-0.1, -0.05) is 6.07 Å². The molecule has 2 heterocycles. The van der Waals surface area contributed by atoms with Crippen LogP contribution in [-0.4, -0.2) is 27.0 Å². The van der Waals surface area contributed by atoms with E-state index < -0.39 is 0 Å². The molecule has 6 heteroatoms. The zero-order valence-corrected chi connectivity index (χ0v) is 10.6. The minimum absolute atomic E-state index is 0.629. The van der Waals surface area contributed by atoms with Crippen molar-refractivity contribution >= 4 is 22.7 Å². The molecule has 6 nitrogen and oxygen atoms in total. The maximum atomic E-state index is 5.33. The molecule has 0 atom stereocenters. The standard InChI is InChI=1S/C13H13N5O/c1-8-3-4-10(19-2)9(5-8)18-13-11-12(15-6-14-11)16-7-17-13/h3-7H,1-2H3,(H2,14,15,16,17,18). The van der Waals surface area contributed by atoms with Crippen molar-refractivity contribution in [2.24, 2.45) is 0 Å². The largest absolute Gasteiger partial charge is 0.495 e. The van der Waals surface area contributed by atoms with Gasteiger partial charge < -0.3 is 15.0 Å². The number of H-pyrrole nitrogens is 1. The van der Waals surface area contributed by atoms with E-state index in [9.17, 15) is 0 Å². The first kappa shape index (κ1) is 11.5. The van der Waals surface area contributed by atoms with Crippen LogP contribution in [0.15, 0.2) is 30.9 Å². The molecular weight excluding hydrogens is 242 g/mol. The average Bonchev–Trinajstić information content (AvgIpc) is 2.88. The highest BCUT2D eigenvalue weighted by Gasteiger charge is 2.09. The summed E-state index contributed by atoms with van der Waals surface area (Å²) in [5.74, 6) is 1.43. The molecule has 0 aliphatic heterocycles. The van der Waals surface area contributed by atoms with Crippen molar-refractivity contribution in [1.29, 1.82) is 0 Å². The Morgan fingerprint density at radius 1 is 1.21 bits per heavy atom. The zero-order valence-electron chi connectivity index (χ0n) is 10.6. The molecule has 0 aliphatic rings. The van der Waals surface area contributed by atoms with Gasteiger partial charge in [0.25, 0.3) is 0 Å². The Hall–Kier alpha value is -2.63. The summed E-state index contributed by atoms with van der Waals surface area (Å²) in [6.07, 6.45) is 3.08. The third kappa shape index (κ3) is 2.08. The maximum Gasteiger partial charge on any atom is 0.182 e. The highest BCUT2D eigenvalue weighted by atomic mass is 16.5. The summed E-state index contributed by atoms with van der Waals surface area (Å²) < 4.78 is 5.33. The maximum absolute atomic E-state index is 5.33. The van der Waals surface area contributed by atoms with E-state index in [4.69, 9.17) is 4.74 Å². The van der Waals surface area contributed by atoms with Crippen molar-refractivity contribution < 1.29 is 4.74 Å². The fourth-order valence-corrected chi connectivity index (χ4v) is 1.91. The number of nitrogens with one attached hydrogen (secondary N) is 2. The van der Waals surface area contributed by atoms with Crippen LogP contribution >= 0.6 is 0 Å². The van der Waals surface area contributed by atoms with Gasteiger partial charge in [-0.2, -0.15) is 0 Å². The summed E-state index contributed by atoms with van der Waals surface area (Å²) in [5, 5.41) is 3.25. The number of aromatic nitrogens is 4. The molecule has 0 radical (unpaired) electrons. The third-order valence-corrected chi connectivity index (χ3v) is 2.83. The Bertz CT molecular complexity index is 722. The number of aryl methyl sites for hydroxylation is 1. The van der Waals surface area contributed by atoms with E-state index in [0.717, 1.165) is 22.5 Å². The van der Waals surface area contributed by atoms with Crippen LogP contribution in [0.25, 0.3) is 11.2 Å². The molecule has 0 saturated carbocycles. The number of hydrogen-bond donors (Lipinski definition) is 2. The quantitative estimate of drug-likeness (QED) is 0.751. The zero-order chi connectivity index (χ0) is 13.2. The van der Waals surface area contributed by atoms with Gasteiger partial charge in [-0.25, -0.2) is 15.0 Å². The van der Waals surface area contributed by atoms with Gasteiger partial charge in [-0.15, -0.1) is 0 Å². The summed E-state index contributed by atoms with van der Waals surface area (Å²) in [7, 11) is 1.64. The molecule has 0 saturated heterocycles. The Morgan fingerprint density at radius 2 is 2.11 bits per heavy atom. The lowest BCUT2D eigenvalue weighted by Gasteiger charge is -2.11. The predicted octanol–water partition coefficient (Wildman–Crippen LogP) is 2.41. The SMILES string of the molecule is COc1ccc(C)cc1Nc1ncnc2nc[nH]c12. The first-order valence-corrected chi connectivity index (χ1v) is 5.83.